The number of H-pyrrole nitrogens is 1. The van der Waals surface area contributed by atoms with Crippen LogP contribution in [0.1, 0.15) is 67.8 Å². The summed E-state index contributed by atoms with van der Waals surface area (Å²) in [6, 6.07) is 17.2. The zero-order valence-corrected chi connectivity index (χ0v) is 41.9. The summed E-state index contributed by atoms with van der Waals surface area (Å²) in [5, 5.41) is 10.8. The second-order valence-electron chi connectivity index (χ2n) is 17.6. The molecule has 0 saturated carbocycles. The maximum atomic E-state index is 13.8. The molecule has 0 spiro atoms. The minimum Gasteiger partial charge on any atom is -0.478 e. The highest BCUT2D eigenvalue weighted by molar-refractivity contribution is 14.1. The molecule has 7 rings (SSSR count). The molecule has 0 aliphatic carbocycles. The van der Waals surface area contributed by atoms with Crippen molar-refractivity contribution in [2.75, 3.05) is 57.2 Å². The van der Waals surface area contributed by atoms with Crippen LogP contribution >= 0.6 is 45.2 Å². The van der Waals surface area contributed by atoms with Gasteiger partial charge in [-0.3, -0.25) is 0 Å². The molecule has 2 aromatic heterocycles. The van der Waals surface area contributed by atoms with Gasteiger partial charge in [0, 0.05) is 62.4 Å². The SMILES string of the molecule is CN(c1ccc(C(=O)O)c2[nH]c(I)cc12)C1CN(C(=O)OC(C)(C)C)C1.COC(=O)c1ccc(N(C)C2CN(C(=O)OC(C)(C)C)C2)c2cc(I)n(S(=O)(=O)c3ccc(C)cc3)c12. The summed E-state index contributed by atoms with van der Waals surface area (Å²) < 4.78 is 45.8. The lowest BCUT2D eigenvalue weighted by Gasteiger charge is -2.45. The number of methoxy groups -OCH3 is 1. The summed E-state index contributed by atoms with van der Waals surface area (Å²) >= 11 is 4.11. The zero-order chi connectivity index (χ0) is 46.5. The number of amides is 2. The van der Waals surface area contributed by atoms with Crippen LogP contribution in [0.15, 0.2) is 65.6 Å². The normalized spacial score (nSPS) is 14.7. The van der Waals surface area contributed by atoms with Crippen molar-refractivity contribution in [1.29, 1.82) is 0 Å². The number of likely N-dealkylation sites (N-methyl/N-ethyl adjacent to an activating group) is 2. The van der Waals surface area contributed by atoms with Crippen molar-refractivity contribution in [3.05, 3.63) is 84.8 Å². The number of esters is 1. The number of likely N-dealkylation sites (tertiary alicyclic amines) is 2. The summed E-state index contributed by atoms with van der Waals surface area (Å²) in [6.07, 6.45) is -0.669. The van der Waals surface area contributed by atoms with E-state index in [1.54, 1.807) is 58.3 Å². The summed E-state index contributed by atoms with van der Waals surface area (Å²) in [6.45, 7) is 15.0. The lowest BCUT2D eigenvalue weighted by molar-refractivity contribution is 0.00762. The van der Waals surface area contributed by atoms with E-state index < -0.39 is 33.2 Å². The highest BCUT2D eigenvalue weighted by Gasteiger charge is 2.39. The molecule has 0 bridgehead atoms. The first-order valence-corrected chi connectivity index (χ1v) is 23.6. The van der Waals surface area contributed by atoms with Gasteiger partial charge in [0.2, 0.25) is 0 Å². The Hall–Kier alpha value is -4.77. The number of anilines is 2. The number of hydrogen-bond donors (Lipinski definition) is 2. The maximum absolute atomic E-state index is 13.8. The van der Waals surface area contributed by atoms with Crippen LogP contribution in [0.3, 0.4) is 0 Å². The standard InChI is InChI=1S/C26H30IN3O6S.C18H22IN3O4/c1-16-7-9-18(10-8-16)37(33,34)30-22(27)13-20-21(12-11-19(23(20)30)24(31)35-6)28(5)17-14-29(15-17)25(32)36-26(2,3)4;1-18(2,3)26-17(25)22-8-10(9-22)21(4)13-6-5-11(16(23)24)15-12(13)7-14(19)20-15/h7-13,17H,14-15H2,1-6H3;5-7,10,20H,8-9H2,1-4H3,(H,23,24). The number of carboxylic acids is 1. The number of carbonyl (C=O) groups excluding carboxylic acids is 3. The number of rotatable bonds is 8. The van der Waals surface area contributed by atoms with Gasteiger partial charge in [0.1, 0.15) is 11.2 Å². The summed E-state index contributed by atoms with van der Waals surface area (Å²) in [7, 11) is 1.11. The lowest BCUT2D eigenvalue weighted by Crippen LogP contribution is -2.61. The number of hydrogen-bond acceptors (Lipinski definition) is 11. The van der Waals surface area contributed by atoms with Crippen LogP contribution in [-0.4, -0.2) is 127 Å². The van der Waals surface area contributed by atoms with Crippen LogP contribution in [-0.2, 0) is 24.2 Å². The number of aromatic nitrogens is 2. The summed E-state index contributed by atoms with van der Waals surface area (Å²) in [5.74, 6) is -1.59. The number of benzene rings is 3. The van der Waals surface area contributed by atoms with E-state index >= 15 is 0 Å². The molecule has 2 aliphatic rings. The number of fused-ring (bicyclic) bond motifs is 2. The Kier molecular flexibility index (Phi) is 13.6. The van der Waals surface area contributed by atoms with Crippen molar-refractivity contribution in [3.63, 3.8) is 0 Å². The number of halogens is 2. The average molecular weight is 1110 g/mol. The van der Waals surface area contributed by atoms with Gasteiger partial charge in [-0.1, -0.05) is 17.7 Å². The van der Waals surface area contributed by atoms with Crippen LogP contribution in [0.2, 0.25) is 0 Å². The molecule has 2 saturated heterocycles. The van der Waals surface area contributed by atoms with E-state index in [9.17, 15) is 32.7 Å². The number of carboxylic acid groups (broad SMARTS) is 1. The van der Waals surface area contributed by atoms with Crippen LogP contribution < -0.4 is 9.80 Å². The molecular formula is C44H52I2N6O10S. The van der Waals surface area contributed by atoms with E-state index in [0.29, 0.717) is 40.8 Å². The molecule has 2 fully saturated rings. The number of nitrogens with zero attached hydrogens (tertiary/aromatic N) is 5. The fourth-order valence-corrected chi connectivity index (χ4v) is 10.6. The van der Waals surface area contributed by atoms with Crippen molar-refractivity contribution >= 4 is 113 Å². The number of aromatic amines is 1. The van der Waals surface area contributed by atoms with Gasteiger partial charge >= 0.3 is 24.1 Å². The van der Waals surface area contributed by atoms with Crippen molar-refractivity contribution < 1.29 is 46.9 Å². The number of carbonyl (C=O) groups is 4. The molecule has 3 aromatic carbocycles. The Morgan fingerprint density at radius 1 is 0.746 bits per heavy atom. The fourth-order valence-electron chi connectivity index (χ4n) is 7.28. The zero-order valence-electron chi connectivity index (χ0n) is 36.8. The average Bonchev–Trinajstić information content (AvgIpc) is 3.70. The van der Waals surface area contributed by atoms with E-state index in [1.165, 1.54) is 11.1 Å². The molecule has 2 amide bonds. The van der Waals surface area contributed by atoms with Crippen LogP contribution in [0.25, 0.3) is 21.8 Å². The van der Waals surface area contributed by atoms with Gasteiger partial charge in [-0.15, -0.1) is 0 Å². The van der Waals surface area contributed by atoms with Crippen molar-refractivity contribution in [3.8, 4) is 0 Å². The first-order valence-electron chi connectivity index (χ1n) is 20.0. The Bertz CT molecular complexity index is 2690. The lowest BCUT2D eigenvalue weighted by atomic mass is 10.0. The Balaban J connectivity index is 0.000000223. The molecule has 0 radical (unpaired) electrons. The third-order valence-electron chi connectivity index (χ3n) is 10.7. The molecule has 338 valence electrons. The molecule has 5 aromatic rings. The van der Waals surface area contributed by atoms with E-state index in [4.69, 9.17) is 14.2 Å². The third-order valence-corrected chi connectivity index (χ3v) is 14.1. The second kappa shape index (κ2) is 18.0. The highest BCUT2D eigenvalue weighted by atomic mass is 127. The largest absolute Gasteiger partial charge is 0.478 e. The van der Waals surface area contributed by atoms with Gasteiger partial charge in [0.15, 0.2) is 0 Å². The van der Waals surface area contributed by atoms with E-state index in [1.807, 2.05) is 102 Å². The quantitative estimate of drug-likeness (QED) is 0.0865. The Morgan fingerprint density at radius 2 is 1.22 bits per heavy atom. The molecule has 0 unspecified atom stereocenters. The van der Waals surface area contributed by atoms with Crippen LogP contribution in [0.5, 0.6) is 0 Å². The fraction of sp³-hybridized carbons (Fsp3) is 0.409. The van der Waals surface area contributed by atoms with Crippen LogP contribution in [0, 0.1) is 14.3 Å². The van der Waals surface area contributed by atoms with E-state index in [0.717, 1.165) is 26.0 Å². The van der Waals surface area contributed by atoms with E-state index in [-0.39, 0.29) is 45.8 Å². The smallest absolute Gasteiger partial charge is 0.410 e. The van der Waals surface area contributed by atoms with Crippen molar-refractivity contribution in [2.24, 2.45) is 0 Å². The van der Waals surface area contributed by atoms with Gasteiger partial charge < -0.3 is 43.9 Å². The monoisotopic (exact) mass is 1110 g/mol. The number of nitrogens with one attached hydrogen (secondary N) is 1. The first-order chi connectivity index (χ1) is 29.3. The predicted octanol–water partition coefficient (Wildman–Crippen LogP) is 8.16. The molecule has 2 N–H and O–H groups in total. The second-order valence-corrected chi connectivity index (χ2v) is 21.6. The van der Waals surface area contributed by atoms with Crippen LogP contribution in [0.4, 0.5) is 21.0 Å². The molecular weight excluding hydrogens is 1060 g/mol. The molecule has 16 nitrogen and oxygen atoms in total. The number of ether oxygens (including phenoxy) is 3. The van der Waals surface area contributed by atoms with Crippen molar-refractivity contribution in [2.45, 2.75) is 76.6 Å². The first kappa shape index (κ1) is 47.7. The molecule has 63 heavy (non-hydrogen) atoms. The third kappa shape index (κ3) is 10.1. The number of aromatic carboxylic acids is 1. The molecule has 0 atom stereocenters. The van der Waals surface area contributed by atoms with Gasteiger partial charge in [-0.05, 0) is 142 Å². The predicted molar refractivity (Wildman–Crippen MR) is 258 cm³/mol. The maximum Gasteiger partial charge on any atom is 0.410 e. The summed E-state index contributed by atoms with van der Waals surface area (Å²) in [5.41, 5.74) is 2.82. The summed E-state index contributed by atoms with van der Waals surface area (Å²) in [4.78, 5) is 59.3. The molecule has 19 heteroatoms. The Labute approximate surface area is 394 Å². The topological polar surface area (TPSA) is 184 Å². The minimum absolute atomic E-state index is 0.00517. The number of aryl methyl sites for hydroxylation is 1. The van der Waals surface area contributed by atoms with Gasteiger partial charge in [0.25, 0.3) is 10.0 Å². The molecule has 2 aliphatic heterocycles. The van der Waals surface area contributed by atoms with E-state index in [2.05, 4.69) is 32.5 Å². The Morgan fingerprint density at radius 3 is 1.68 bits per heavy atom. The van der Waals surface area contributed by atoms with Gasteiger partial charge in [0.05, 0.1) is 53.7 Å². The van der Waals surface area contributed by atoms with Gasteiger partial charge in [-0.25, -0.2) is 31.6 Å². The molecule has 4 heterocycles. The van der Waals surface area contributed by atoms with Crippen molar-refractivity contribution in [1.82, 2.24) is 18.8 Å². The van der Waals surface area contributed by atoms with Gasteiger partial charge in [-0.2, -0.15) is 0 Å². The highest BCUT2D eigenvalue weighted by Crippen LogP contribution is 2.38. The minimum atomic E-state index is -4.01.